The summed E-state index contributed by atoms with van der Waals surface area (Å²) in [6, 6.07) is -2.92. The lowest BCUT2D eigenvalue weighted by molar-refractivity contribution is -0.302. The summed E-state index contributed by atoms with van der Waals surface area (Å²) in [5.74, 6) is -2.53. The van der Waals surface area contributed by atoms with Crippen LogP contribution in [0.15, 0.2) is 0 Å². The number of hydrogen-bond donors (Lipinski definition) is 10. The fourth-order valence-corrected chi connectivity index (χ4v) is 12.0. The molecule has 2 aliphatic rings. The summed E-state index contributed by atoms with van der Waals surface area (Å²) in [5.41, 5.74) is 0. The molecule has 86 heavy (non-hydrogen) atoms. The Hall–Kier alpha value is -2.37. The van der Waals surface area contributed by atoms with Crippen molar-refractivity contribution in [1.29, 1.82) is 0 Å². The van der Waals surface area contributed by atoms with E-state index >= 15 is 0 Å². The number of phosphoric ester groups is 1. The molecule has 0 aromatic heterocycles. The lowest BCUT2D eigenvalue weighted by atomic mass is 9.95. The Kier molecular flexibility index (Phi) is 46.6. The van der Waals surface area contributed by atoms with E-state index in [4.69, 9.17) is 33.3 Å². The van der Waals surface area contributed by atoms with Gasteiger partial charge in [-0.1, -0.05) is 226 Å². The summed E-state index contributed by atoms with van der Waals surface area (Å²) in [6.07, 6.45) is 22.3. The van der Waals surface area contributed by atoms with Gasteiger partial charge in [-0.15, -0.1) is 0 Å². The van der Waals surface area contributed by atoms with Crippen molar-refractivity contribution in [2.45, 2.75) is 364 Å². The van der Waals surface area contributed by atoms with Gasteiger partial charge in [0.1, 0.15) is 54.8 Å². The molecule has 2 heterocycles. The Labute approximate surface area is 516 Å². The Balaban J connectivity index is 2.25. The first kappa shape index (κ1) is 79.7. The smallest absolute Gasteiger partial charge is 0.470 e. The number of aliphatic carboxylic acids is 1. The number of ether oxygens (including phenoxy) is 5. The average molecular weight is 1250 g/mol. The number of rotatable bonds is 56. The van der Waals surface area contributed by atoms with Crippen LogP contribution in [0, 0.1) is 0 Å². The molecular weight excluding hydrogens is 1130 g/mol. The van der Waals surface area contributed by atoms with Crippen molar-refractivity contribution in [3.8, 4) is 0 Å². The number of esters is 1. The number of carboxylic acids is 1. The van der Waals surface area contributed by atoms with Gasteiger partial charge in [0, 0.05) is 19.4 Å². The number of phosphoric acid groups is 1. The van der Waals surface area contributed by atoms with Crippen LogP contribution >= 0.6 is 7.82 Å². The predicted molar refractivity (Wildman–Crippen MR) is 330 cm³/mol. The van der Waals surface area contributed by atoms with Gasteiger partial charge in [0.05, 0.1) is 32.2 Å². The highest BCUT2D eigenvalue weighted by Gasteiger charge is 2.51. The van der Waals surface area contributed by atoms with Crippen molar-refractivity contribution in [3.05, 3.63) is 0 Å². The van der Waals surface area contributed by atoms with Crippen molar-refractivity contribution >= 4 is 31.6 Å². The van der Waals surface area contributed by atoms with Crippen LogP contribution < -0.4 is 10.6 Å². The highest BCUT2D eigenvalue weighted by Crippen LogP contribution is 2.42. The summed E-state index contributed by atoms with van der Waals surface area (Å²) in [5, 5.41) is 70.5. The van der Waals surface area contributed by atoms with Crippen LogP contribution in [-0.4, -0.2) is 157 Å². The summed E-state index contributed by atoms with van der Waals surface area (Å²) >= 11 is 0. The maximum absolute atomic E-state index is 14.1. The predicted octanol–water partition coefficient (Wildman–Crippen LogP) is 10.8. The number of aliphatic hydroxyl groups is 5. The normalized spacial score (nSPS) is 23.2. The van der Waals surface area contributed by atoms with Crippen LogP contribution in [0.4, 0.5) is 0 Å². The second kappa shape index (κ2) is 50.3. The summed E-state index contributed by atoms with van der Waals surface area (Å²) < 4.78 is 47.5. The van der Waals surface area contributed by atoms with Gasteiger partial charge in [0.25, 0.3) is 0 Å². The quantitative estimate of drug-likeness (QED) is 0.0154. The Bertz CT molecular complexity index is 1770. The minimum atomic E-state index is -5.33. The molecule has 2 amide bonds. The third-order valence-corrected chi connectivity index (χ3v) is 17.1. The maximum Gasteiger partial charge on any atom is 0.470 e. The SMILES string of the molecule is CCCCCCCCCCCC(=O)O[C@H](CCCCCCCCCCC)CC(=O)N[C@H]1[C@H](OC[C@H]2O[C@H](OCCCCCCCCCCCC(=O)O)[C@H](NC(=O)C[C@H](O)CCCCCCCCCCC)[C@@H](O)[C@@H]2O)O[C@H](CO)[C@@H](OP(=O)(O)O)[C@@H]1O. The monoisotopic (exact) mass is 1250 g/mol. The maximum atomic E-state index is 14.1. The van der Waals surface area contributed by atoms with E-state index in [9.17, 15) is 59.1 Å². The number of unbranched alkanes of at least 4 members (excludes halogenated alkanes) is 32. The first-order valence-electron chi connectivity index (χ1n) is 34.1. The van der Waals surface area contributed by atoms with Crippen LogP contribution in [0.25, 0.3) is 0 Å². The molecule has 10 N–H and O–H groups in total. The molecule has 0 saturated carbocycles. The second-order valence-electron chi connectivity index (χ2n) is 24.5. The first-order valence-corrected chi connectivity index (χ1v) is 35.6. The fourth-order valence-electron chi connectivity index (χ4n) is 11.4. The molecule has 12 atom stereocenters. The van der Waals surface area contributed by atoms with Gasteiger partial charge in [-0.3, -0.25) is 23.7 Å². The number of nitrogens with one attached hydrogen (secondary N) is 2. The fraction of sp³-hybridized carbons (Fsp3) is 0.938. The molecule has 2 fully saturated rings. The zero-order valence-electron chi connectivity index (χ0n) is 53.3. The molecule has 21 nitrogen and oxygen atoms in total. The third kappa shape index (κ3) is 38.4. The number of carbonyl (C=O) groups is 4. The number of amides is 2. The molecule has 0 unspecified atom stereocenters. The number of carbonyl (C=O) groups excluding carboxylic acids is 3. The van der Waals surface area contributed by atoms with Gasteiger partial charge in [0.2, 0.25) is 11.8 Å². The van der Waals surface area contributed by atoms with E-state index in [0.717, 1.165) is 122 Å². The van der Waals surface area contributed by atoms with Crippen LogP contribution in [0.5, 0.6) is 0 Å². The van der Waals surface area contributed by atoms with Gasteiger partial charge in [-0.2, -0.15) is 0 Å². The van der Waals surface area contributed by atoms with Crippen molar-refractivity contribution < 1.29 is 92.4 Å². The minimum absolute atomic E-state index is 0.143. The van der Waals surface area contributed by atoms with Gasteiger partial charge in [-0.25, -0.2) is 4.57 Å². The van der Waals surface area contributed by atoms with Crippen LogP contribution in [-0.2, 0) is 52.0 Å². The molecule has 0 radical (unpaired) electrons. The molecular formula is C64H121N2O19P. The highest BCUT2D eigenvalue weighted by molar-refractivity contribution is 7.46. The Morgan fingerprint density at radius 3 is 1.38 bits per heavy atom. The molecule has 0 spiro atoms. The Morgan fingerprint density at radius 1 is 0.500 bits per heavy atom. The highest BCUT2D eigenvalue weighted by atomic mass is 31.2. The van der Waals surface area contributed by atoms with E-state index in [1.165, 1.54) is 83.5 Å². The van der Waals surface area contributed by atoms with Crippen LogP contribution in [0.1, 0.15) is 290 Å². The molecule has 506 valence electrons. The van der Waals surface area contributed by atoms with E-state index in [2.05, 4.69) is 31.4 Å². The van der Waals surface area contributed by atoms with Crippen molar-refractivity contribution in [3.63, 3.8) is 0 Å². The van der Waals surface area contributed by atoms with Crippen molar-refractivity contribution in [1.82, 2.24) is 10.6 Å². The van der Waals surface area contributed by atoms with E-state index in [1.54, 1.807) is 0 Å². The number of carboxylic acid groups (broad SMARTS) is 1. The number of hydrogen-bond acceptors (Lipinski definition) is 16. The van der Waals surface area contributed by atoms with E-state index in [1.807, 2.05) is 0 Å². The van der Waals surface area contributed by atoms with Crippen molar-refractivity contribution in [2.24, 2.45) is 0 Å². The standard InChI is InChI=1S/C64H121N2O19P/c1-4-7-10-13-16-20-25-30-35-40-49(68)45-53(69)65-57-60(75)59(74)52(84-63(57)80-44-39-34-29-24-19-23-27-32-37-42-55(71)72)48-81-64-58(61(76)62(51(47-67)83-64)85-86(77,78)79)66-54(70)46-50(41-36-31-26-21-17-14-11-8-5-2)82-56(73)43-38-33-28-22-18-15-12-9-6-3/h49-52,57-64,67-68,74-76H,4-48H2,1-3H3,(H,65,69)(H,66,70)(H,71,72)(H2,77,78,79)/t49-,50-,51-,52-,57-,58-,59-,60-,61-,62-,63+,64-/m1/s1. The summed E-state index contributed by atoms with van der Waals surface area (Å²) in [4.78, 5) is 71.3. The average Bonchev–Trinajstić information content (AvgIpc) is 1.11. The molecule has 0 aromatic rings. The third-order valence-electron chi connectivity index (χ3n) is 16.6. The summed E-state index contributed by atoms with van der Waals surface area (Å²) in [6.45, 7) is 5.18. The molecule has 22 heteroatoms. The zero-order chi connectivity index (χ0) is 63.2. The van der Waals surface area contributed by atoms with Gasteiger partial charge < -0.3 is 74.7 Å². The van der Waals surface area contributed by atoms with Crippen LogP contribution in [0.3, 0.4) is 0 Å². The minimum Gasteiger partial charge on any atom is -0.481 e. The van der Waals surface area contributed by atoms with Gasteiger partial charge >= 0.3 is 19.8 Å². The lowest BCUT2D eigenvalue weighted by Crippen LogP contribution is -2.67. The van der Waals surface area contributed by atoms with E-state index in [-0.39, 0.29) is 32.3 Å². The van der Waals surface area contributed by atoms with Gasteiger partial charge in [0.15, 0.2) is 12.6 Å². The first-order chi connectivity index (χ1) is 41.4. The van der Waals surface area contributed by atoms with E-state index < -0.39 is 118 Å². The summed E-state index contributed by atoms with van der Waals surface area (Å²) in [7, 11) is -5.33. The second-order valence-corrected chi connectivity index (χ2v) is 25.7. The molecule has 0 aromatic carbocycles. The van der Waals surface area contributed by atoms with Crippen molar-refractivity contribution in [2.75, 3.05) is 19.8 Å². The van der Waals surface area contributed by atoms with Gasteiger partial charge in [-0.05, 0) is 38.5 Å². The molecule has 2 aliphatic heterocycles. The molecule has 0 aliphatic carbocycles. The van der Waals surface area contributed by atoms with E-state index in [0.29, 0.717) is 38.5 Å². The molecule has 0 bridgehead atoms. The molecule has 2 rings (SSSR count). The molecule has 2 saturated heterocycles. The van der Waals surface area contributed by atoms with Crippen LogP contribution in [0.2, 0.25) is 0 Å². The Morgan fingerprint density at radius 2 is 0.907 bits per heavy atom. The lowest BCUT2D eigenvalue weighted by Gasteiger charge is -2.45. The largest absolute Gasteiger partial charge is 0.481 e. The topological polar surface area (TPSA) is 327 Å². The number of aliphatic hydroxyl groups excluding tert-OH is 5. The zero-order valence-corrected chi connectivity index (χ0v) is 54.2.